The number of aliphatic hydroxyl groups excluding tert-OH is 5. The Kier molecular flexibility index (Phi) is 5.06. The van der Waals surface area contributed by atoms with Crippen LogP contribution in [0.2, 0.25) is 0 Å². The molecule has 0 aromatic heterocycles. The normalized spacial score (nSPS) is 42.0. The molecule has 1 aliphatic rings. The van der Waals surface area contributed by atoms with Gasteiger partial charge in [0.1, 0.15) is 24.4 Å². The molecule has 7 nitrogen and oxygen atoms in total. The predicted octanol–water partition coefficient (Wildman–Crippen LogP) is -2.82. The van der Waals surface area contributed by atoms with E-state index in [1.165, 1.54) is 6.92 Å². The summed E-state index contributed by atoms with van der Waals surface area (Å²) in [6.07, 6.45) is -7.18. The van der Waals surface area contributed by atoms with Crippen molar-refractivity contribution in [2.24, 2.45) is 0 Å². The van der Waals surface area contributed by atoms with E-state index < -0.39 is 43.4 Å². The van der Waals surface area contributed by atoms with Crippen LogP contribution in [-0.4, -0.2) is 75.6 Å². The standard InChI is InChI=1S/C9H18O7/c1-4(11)3-15-9-8(14)7(13)6(12)5(2-10)16-9/h4-14H,2-3H2,1H3/t4-,5-,6+,7+,8-,9-/m1/s1. The first-order chi connectivity index (χ1) is 7.47. The van der Waals surface area contributed by atoms with Crippen molar-refractivity contribution in [3.63, 3.8) is 0 Å². The first-order valence-electron chi connectivity index (χ1n) is 5.07. The molecule has 0 unspecified atom stereocenters. The van der Waals surface area contributed by atoms with E-state index in [0.717, 1.165) is 0 Å². The summed E-state index contributed by atoms with van der Waals surface area (Å²) in [4.78, 5) is 0. The van der Waals surface area contributed by atoms with Crippen LogP contribution in [-0.2, 0) is 9.47 Å². The van der Waals surface area contributed by atoms with Crippen LogP contribution in [0.5, 0.6) is 0 Å². The van der Waals surface area contributed by atoms with Crippen molar-refractivity contribution in [2.45, 2.75) is 43.7 Å². The fourth-order valence-electron chi connectivity index (χ4n) is 1.44. The van der Waals surface area contributed by atoms with E-state index in [4.69, 9.17) is 19.7 Å². The Bertz CT molecular complexity index is 208. The number of rotatable bonds is 4. The second-order valence-corrected chi connectivity index (χ2v) is 3.88. The van der Waals surface area contributed by atoms with Gasteiger partial charge in [0.2, 0.25) is 0 Å². The molecule has 1 heterocycles. The molecular weight excluding hydrogens is 220 g/mol. The number of hydrogen-bond acceptors (Lipinski definition) is 7. The van der Waals surface area contributed by atoms with Gasteiger partial charge in [-0.25, -0.2) is 0 Å². The van der Waals surface area contributed by atoms with E-state index in [9.17, 15) is 15.3 Å². The molecule has 0 radical (unpaired) electrons. The van der Waals surface area contributed by atoms with Crippen LogP contribution in [0.3, 0.4) is 0 Å². The zero-order valence-corrected chi connectivity index (χ0v) is 8.93. The SMILES string of the molecule is C[C@@H](O)CO[C@@H]1O[C@H](CO)[C@H](O)[C@H](O)[C@H]1O. The summed E-state index contributed by atoms with van der Waals surface area (Å²) in [6, 6.07) is 0. The van der Waals surface area contributed by atoms with E-state index in [0.29, 0.717) is 0 Å². The summed E-state index contributed by atoms with van der Waals surface area (Å²) in [7, 11) is 0. The monoisotopic (exact) mass is 238 g/mol. The molecule has 1 aliphatic heterocycles. The quantitative estimate of drug-likeness (QED) is 0.358. The van der Waals surface area contributed by atoms with Gasteiger partial charge in [0.05, 0.1) is 19.3 Å². The van der Waals surface area contributed by atoms with Gasteiger partial charge in [0.15, 0.2) is 6.29 Å². The zero-order chi connectivity index (χ0) is 12.3. The first-order valence-corrected chi connectivity index (χ1v) is 5.07. The van der Waals surface area contributed by atoms with Crippen LogP contribution in [0, 0.1) is 0 Å². The Morgan fingerprint density at radius 1 is 1.19 bits per heavy atom. The third kappa shape index (κ3) is 3.11. The Labute approximate surface area is 92.9 Å². The second kappa shape index (κ2) is 5.87. The average molecular weight is 238 g/mol. The summed E-state index contributed by atoms with van der Waals surface area (Å²) in [5.74, 6) is 0. The molecule has 1 saturated heterocycles. The van der Waals surface area contributed by atoms with Crippen molar-refractivity contribution in [3.8, 4) is 0 Å². The maximum absolute atomic E-state index is 9.51. The summed E-state index contributed by atoms with van der Waals surface area (Å²) < 4.78 is 10.0. The highest BCUT2D eigenvalue weighted by molar-refractivity contribution is 4.88. The number of ether oxygens (including phenoxy) is 2. The summed E-state index contributed by atoms with van der Waals surface area (Å²) in [5.41, 5.74) is 0. The highest BCUT2D eigenvalue weighted by atomic mass is 16.7. The lowest BCUT2D eigenvalue weighted by Gasteiger charge is -2.39. The zero-order valence-electron chi connectivity index (χ0n) is 8.93. The minimum absolute atomic E-state index is 0.0807. The van der Waals surface area contributed by atoms with Gasteiger partial charge >= 0.3 is 0 Å². The molecule has 1 rings (SSSR count). The highest BCUT2D eigenvalue weighted by Gasteiger charge is 2.43. The Morgan fingerprint density at radius 2 is 1.81 bits per heavy atom. The number of hydrogen-bond donors (Lipinski definition) is 5. The number of aliphatic hydroxyl groups is 5. The average Bonchev–Trinajstić information content (AvgIpc) is 2.25. The highest BCUT2D eigenvalue weighted by Crippen LogP contribution is 2.21. The van der Waals surface area contributed by atoms with Gasteiger partial charge in [-0.15, -0.1) is 0 Å². The summed E-state index contributed by atoms with van der Waals surface area (Å²) in [5, 5.41) is 46.2. The van der Waals surface area contributed by atoms with E-state index in [2.05, 4.69) is 0 Å². The van der Waals surface area contributed by atoms with Crippen molar-refractivity contribution in [1.82, 2.24) is 0 Å². The van der Waals surface area contributed by atoms with E-state index in [1.54, 1.807) is 0 Å². The third-order valence-electron chi connectivity index (χ3n) is 2.35. The van der Waals surface area contributed by atoms with E-state index in [1.807, 2.05) is 0 Å². The smallest absolute Gasteiger partial charge is 0.186 e. The molecule has 0 saturated carbocycles. The molecule has 0 amide bonds. The van der Waals surface area contributed by atoms with Gasteiger partial charge in [-0.1, -0.05) is 0 Å². The molecule has 0 aliphatic carbocycles. The van der Waals surface area contributed by atoms with Gasteiger partial charge in [-0.3, -0.25) is 0 Å². The molecule has 7 heteroatoms. The molecule has 5 N–H and O–H groups in total. The van der Waals surface area contributed by atoms with Crippen molar-refractivity contribution < 1.29 is 35.0 Å². The van der Waals surface area contributed by atoms with Crippen molar-refractivity contribution in [3.05, 3.63) is 0 Å². The molecule has 0 aromatic rings. The minimum Gasteiger partial charge on any atom is -0.394 e. The van der Waals surface area contributed by atoms with Gasteiger partial charge < -0.3 is 35.0 Å². The van der Waals surface area contributed by atoms with Crippen LogP contribution in [0.1, 0.15) is 6.92 Å². The van der Waals surface area contributed by atoms with Crippen molar-refractivity contribution >= 4 is 0 Å². The van der Waals surface area contributed by atoms with Crippen LogP contribution in [0.25, 0.3) is 0 Å². The summed E-state index contributed by atoms with van der Waals surface area (Å²) in [6.45, 7) is 0.909. The van der Waals surface area contributed by atoms with Crippen molar-refractivity contribution in [2.75, 3.05) is 13.2 Å². The van der Waals surface area contributed by atoms with Crippen LogP contribution in [0.15, 0.2) is 0 Å². The lowest BCUT2D eigenvalue weighted by molar-refractivity contribution is -0.304. The second-order valence-electron chi connectivity index (χ2n) is 3.88. The molecule has 0 spiro atoms. The first kappa shape index (κ1) is 13.8. The van der Waals surface area contributed by atoms with E-state index in [-0.39, 0.29) is 6.61 Å². The van der Waals surface area contributed by atoms with Crippen LogP contribution in [0.4, 0.5) is 0 Å². The third-order valence-corrected chi connectivity index (χ3v) is 2.35. The molecular formula is C9H18O7. The Morgan fingerprint density at radius 3 is 2.31 bits per heavy atom. The fourth-order valence-corrected chi connectivity index (χ4v) is 1.44. The molecule has 1 fully saturated rings. The predicted molar refractivity (Wildman–Crippen MR) is 51.4 cm³/mol. The van der Waals surface area contributed by atoms with Crippen LogP contribution >= 0.6 is 0 Å². The lowest BCUT2D eigenvalue weighted by atomic mass is 9.99. The molecule has 0 bridgehead atoms. The summed E-state index contributed by atoms with van der Waals surface area (Å²) >= 11 is 0. The van der Waals surface area contributed by atoms with Crippen LogP contribution < -0.4 is 0 Å². The van der Waals surface area contributed by atoms with Gasteiger partial charge in [-0.05, 0) is 6.92 Å². The van der Waals surface area contributed by atoms with Gasteiger partial charge in [0.25, 0.3) is 0 Å². The van der Waals surface area contributed by atoms with Gasteiger partial charge in [-0.2, -0.15) is 0 Å². The maximum Gasteiger partial charge on any atom is 0.186 e. The molecule has 6 atom stereocenters. The van der Waals surface area contributed by atoms with Crippen molar-refractivity contribution in [1.29, 1.82) is 0 Å². The molecule has 96 valence electrons. The van der Waals surface area contributed by atoms with Gasteiger partial charge in [0, 0.05) is 0 Å². The maximum atomic E-state index is 9.51. The fraction of sp³-hybridized carbons (Fsp3) is 1.00. The Hall–Kier alpha value is -0.280. The topological polar surface area (TPSA) is 120 Å². The van der Waals surface area contributed by atoms with E-state index >= 15 is 0 Å². The minimum atomic E-state index is -1.45. The largest absolute Gasteiger partial charge is 0.394 e. The lowest BCUT2D eigenvalue weighted by Crippen LogP contribution is -2.59. The molecule has 16 heavy (non-hydrogen) atoms. The molecule has 0 aromatic carbocycles. The Balaban J connectivity index is 2.56.